The van der Waals surface area contributed by atoms with E-state index in [1.54, 1.807) is 0 Å². The van der Waals surface area contributed by atoms with E-state index in [1.165, 1.54) is 270 Å². The normalized spacial score (nSPS) is 14.1. The Morgan fingerprint density at radius 3 is 0.651 bits per heavy atom. The molecule has 0 aliphatic rings. The Kier molecular flexibility index (Phi) is 77.2. The molecule has 0 rings (SSSR count). The molecule has 0 saturated heterocycles. The number of unbranched alkanes of at least 4 members (excludes halogenated alkanes) is 52. The molecule has 0 aliphatic carbocycles. The molecule has 109 heavy (non-hydrogen) atoms. The van der Waals surface area contributed by atoms with E-state index in [2.05, 4.69) is 55.4 Å². The maximum Gasteiger partial charge on any atom is 0.472 e. The number of aliphatic hydroxyl groups is 1. The molecular formula is C90H176O17P2. The van der Waals surface area contributed by atoms with E-state index >= 15 is 0 Å². The van der Waals surface area contributed by atoms with Gasteiger partial charge in [-0.1, -0.05) is 421 Å². The Morgan fingerprint density at radius 1 is 0.257 bits per heavy atom. The van der Waals surface area contributed by atoms with Gasteiger partial charge in [0.2, 0.25) is 0 Å². The van der Waals surface area contributed by atoms with Crippen molar-refractivity contribution in [2.24, 2.45) is 23.7 Å². The summed E-state index contributed by atoms with van der Waals surface area (Å²) in [5.41, 5.74) is 0. The van der Waals surface area contributed by atoms with Gasteiger partial charge in [-0.2, -0.15) is 0 Å². The highest BCUT2D eigenvalue weighted by Gasteiger charge is 2.31. The van der Waals surface area contributed by atoms with Crippen LogP contribution >= 0.6 is 15.6 Å². The van der Waals surface area contributed by atoms with Crippen LogP contribution in [-0.2, 0) is 65.4 Å². The zero-order valence-electron chi connectivity index (χ0n) is 72.2. The Hall–Kier alpha value is -1.94. The van der Waals surface area contributed by atoms with Gasteiger partial charge in [0, 0.05) is 25.7 Å². The smallest absolute Gasteiger partial charge is 0.462 e. The summed E-state index contributed by atoms with van der Waals surface area (Å²) in [5.74, 6) is 1.06. The number of phosphoric ester groups is 2. The lowest BCUT2D eigenvalue weighted by atomic mass is 9.99. The van der Waals surface area contributed by atoms with Gasteiger partial charge in [-0.25, -0.2) is 9.13 Å². The predicted octanol–water partition coefficient (Wildman–Crippen LogP) is 27.5. The van der Waals surface area contributed by atoms with Gasteiger partial charge >= 0.3 is 39.5 Å². The zero-order chi connectivity index (χ0) is 80.2. The second-order valence-corrected chi connectivity index (χ2v) is 36.9. The van der Waals surface area contributed by atoms with Gasteiger partial charge in [-0.15, -0.1) is 0 Å². The second kappa shape index (κ2) is 78.6. The minimum absolute atomic E-state index is 0.107. The first kappa shape index (κ1) is 107. The van der Waals surface area contributed by atoms with Crippen molar-refractivity contribution in [3.8, 4) is 0 Å². The molecule has 0 aliphatic heterocycles. The maximum absolute atomic E-state index is 13.2. The van der Waals surface area contributed by atoms with Crippen molar-refractivity contribution in [2.75, 3.05) is 39.6 Å². The van der Waals surface area contributed by atoms with Crippen LogP contribution in [0.4, 0.5) is 0 Å². The lowest BCUT2D eigenvalue weighted by Crippen LogP contribution is -2.30. The van der Waals surface area contributed by atoms with E-state index < -0.39 is 97.5 Å². The quantitative estimate of drug-likeness (QED) is 0.0222. The fourth-order valence-corrected chi connectivity index (χ4v) is 15.6. The van der Waals surface area contributed by atoms with Gasteiger partial charge in [-0.3, -0.25) is 37.3 Å². The third-order valence-electron chi connectivity index (χ3n) is 21.4. The molecule has 0 radical (unpaired) electrons. The first-order valence-electron chi connectivity index (χ1n) is 46.2. The van der Waals surface area contributed by atoms with Crippen LogP contribution in [0.15, 0.2) is 0 Å². The zero-order valence-corrected chi connectivity index (χ0v) is 74.0. The minimum Gasteiger partial charge on any atom is -0.462 e. The Labute approximate surface area is 670 Å². The van der Waals surface area contributed by atoms with E-state index in [-0.39, 0.29) is 25.7 Å². The van der Waals surface area contributed by atoms with Gasteiger partial charge in [0.1, 0.15) is 19.3 Å². The summed E-state index contributed by atoms with van der Waals surface area (Å²) in [6.45, 7) is 14.4. The van der Waals surface area contributed by atoms with Gasteiger partial charge < -0.3 is 33.8 Å². The number of hydrogen-bond acceptors (Lipinski definition) is 15. The third kappa shape index (κ3) is 82.4. The van der Waals surface area contributed by atoms with Crippen LogP contribution in [-0.4, -0.2) is 96.7 Å². The summed E-state index contributed by atoms with van der Waals surface area (Å²) in [4.78, 5) is 73.3. The van der Waals surface area contributed by atoms with Gasteiger partial charge in [0.25, 0.3) is 0 Å². The lowest BCUT2D eigenvalue weighted by molar-refractivity contribution is -0.161. The summed E-state index contributed by atoms with van der Waals surface area (Å²) < 4.78 is 69.0. The molecule has 0 amide bonds. The molecule has 3 N–H and O–H groups in total. The molecule has 0 spiro atoms. The average Bonchev–Trinajstić information content (AvgIpc) is 0.900. The summed E-state index contributed by atoms with van der Waals surface area (Å²) in [6.07, 6.45) is 69.7. The van der Waals surface area contributed by atoms with Crippen molar-refractivity contribution >= 4 is 39.5 Å². The van der Waals surface area contributed by atoms with Crippen molar-refractivity contribution in [2.45, 2.75) is 491 Å². The van der Waals surface area contributed by atoms with E-state index in [1.807, 2.05) is 0 Å². The topological polar surface area (TPSA) is 237 Å². The third-order valence-corrected chi connectivity index (χ3v) is 23.3. The van der Waals surface area contributed by atoms with Gasteiger partial charge in [-0.05, 0) is 49.4 Å². The molecule has 0 heterocycles. The van der Waals surface area contributed by atoms with Crippen molar-refractivity contribution < 1.29 is 80.2 Å². The lowest BCUT2D eigenvalue weighted by Gasteiger charge is -2.21. The average molecular weight is 1590 g/mol. The Bertz CT molecular complexity index is 2110. The first-order valence-corrected chi connectivity index (χ1v) is 49.2. The van der Waals surface area contributed by atoms with Gasteiger partial charge in [0.15, 0.2) is 12.2 Å². The van der Waals surface area contributed by atoms with Crippen molar-refractivity contribution in [1.29, 1.82) is 0 Å². The summed E-state index contributed by atoms with van der Waals surface area (Å²) in [7, 11) is -9.93. The Morgan fingerprint density at radius 2 is 0.440 bits per heavy atom. The molecule has 0 bridgehead atoms. The van der Waals surface area contributed by atoms with Crippen LogP contribution in [0.1, 0.15) is 473 Å². The van der Waals surface area contributed by atoms with Gasteiger partial charge in [0.05, 0.1) is 26.4 Å². The van der Waals surface area contributed by atoms with Crippen molar-refractivity contribution in [3.63, 3.8) is 0 Å². The largest absolute Gasteiger partial charge is 0.472 e. The SMILES string of the molecule is CCC(C)CCCCCCCCCCCCCCCCC(=O)O[C@H](COC(=O)CCCCCCCCC(C)C)COP(=O)(O)OC[C@H](O)COP(=O)(O)OC[C@@H](COC(=O)CCCCCCCCCCCCCCCCCCCCC(C)C)OC(=O)CCCCCCCCCCCCCCCCCCCCC(C)C. The summed E-state index contributed by atoms with van der Waals surface area (Å²) in [5, 5.41) is 10.7. The number of aliphatic hydroxyl groups excluding tert-OH is 1. The van der Waals surface area contributed by atoms with Crippen LogP contribution < -0.4 is 0 Å². The minimum atomic E-state index is -4.97. The van der Waals surface area contributed by atoms with Crippen LogP contribution in [0.3, 0.4) is 0 Å². The maximum atomic E-state index is 13.2. The molecule has 19 heteroatoms. The highest BCUT2D eigenvalue weighted by atomic mass is 31.2. The van der Waals surface area contributed by atoms with E-state index in [0.717, 1.165) is 114 Å². The van der Waals surface area contributed by atoms with Crippen molar-refractivity contribution in [1.82, 2.24) is 0 Å². The molecule has 0 fully saturated rings. The van der Waals surface area contributed by atoms with Crippen molar-refractivity contribution in [3.05, 3.63) is 0 Å². The fraction of sp³-hybridized carbons (Fsp3) is 0.956. The number of carbonyl (C=O) groups is 4. The molecule has 648 valence electrons. The van der Waals surface area contributed by atoms with Crippen LogP contribution in [0.5, 0.6) is 0 Å². The molecule has 0 aromatic rings. The van der Waals surface area contributed by atoms with E-state index in [0.29, 0.717) is 31.6 Å². The number of rotatable bonds is 87. The number of hydrogen-bond donors (Lipinski definition) is 3. The fourth-order valence-electron chi connectivity index (χ4n) is 14.0. The summed E-state index contributed by atoms with van der Waals surface area (Å²) >= 11 is 0. The standard InChI is InChI=1S/C90H176O17P2/c1-9-83(8)69-61-53-44-38-32-26-22-23-29-35-41-47-57-65-73-90(95)107-86(77-101-88(93)71-63-55-49-48-52-60-68-82(6)7)79-105-109(98,99)103-75-84(91)74-102-108(96,97)104-78-85(106-89(94)72-64-56-46-40-34-28-21-17-13-11-15-19-25-31-37-43-51-59-67-81(4)5)76-100-87(92)70-62-54-45-39-33-27-20-16-12-10-14-18-24-30-36-42-50-58-66-80(2)3/h80-86,91H,9-79H2,1-8H3,(H,96,97)(H,98,99)/t83?,84-,85-,86-/m1/s1. The van der Waals surface area contributed by atoms with E-state index in [4.69, 9.17) is 37.0 Å². The molecule has 0 aromatic heterocycles. The predicted molar refractivity (Wildman–Crippen MR) is 451 cm³/mol. The number of carbonyl (C=O) groups excluding carboxylic acids is 4. The molecule has 3 unspecified atom stereocenters. The van der Waals surface area contributed by atoms with Crippen LogP contribution in [0.2, 0.25) is 0 Å². The molecule has 6 atom stereocenters. The monoisotopic (exact) mass is 1590 g/mol. The molecule has 0 saturated carbocycles. The molecular weight excluding hydrogens is 1410 g/mol. The highest BCUT2D eigenvalue weighted by Crippen LogP contribution is 2.45. The van der Waals surface area contributed by atoms with Crippen LogP contribution in [0, 0.1) is 23.7 Å². The Balaban J connectivity index is 5.20. The first-order chi connectivity index (χ1) is 52.6. The number of esters is 4. The second-order valence-electron chi connectivity index (χ2n) is 34.0. The summed E-state index contributed by atoms with van der Waals surface area (Å²) in [6, 6.07) is 0. The molecule has 0 aromatic carbocycles. The number of phosphoric acid groups is 2. The van der Waals surface area contributed by atoms with Crippen LogP contribution in [0.25, 0.3) is 0 Å². The van der Waals surface area contributed by atoms with E-state index in [9.17, 15) is 43.2 Å². The molecule has 17 nitrogen and oxygen atoms in total. The number of ether oxygens (including phenoxy) is 4. The highest BCUT2D eigenvalue weighted by molar-refractivity contribution is 7.47.